The molecule has 1 unspecified atom stereocenters. The molecule has 0 heterocycles. The van der Waals surface area contributed by atoms with Crippen molar-refractivity contribution in [2.75, 3.05) is 26.8 Å². The van der Waals surface area contributed by atoms with E-state index in [0.717, 1.165) is 0 Å². The predicted octanol–water partition coefficient (Wildman–Crippen LogP) is 2.35. The van der Waals surface area contributed by atoms with Crippen molar-refractivity contribution in [2.24, 2.45) is 0 Å². The van der Waals surface area contributed by atoms with E-state index in [-0.39, 0.29) is 23.4 Å². The molecule has 1 aliphatic rings. The number of rotatable bonds is 10. The fourth-order valence-electron chi connectivity index (χ4n) is 3.36. The first-order valence-corrected chi connectivity index (χ1v) is 11.0. The van der Waals surface area contributed by atoms with E-state index in [1.807, 2.05) is 13.8 Å². The van der Waals surface area contributed by atoms with E-state index in [9.17, 15) is 18.0 Å². The largest absolute Gasteiger partial charge is 0.383 e. The summed E-state index contributed by atoms with van der Waals surface area (Å²) in [5.74, 6) is -1.09. The van der Waals surface area contributed by atoms with Crippen LogP contribution < -0.4 is 4.72 Å². The summed E-state index contributed by atoms with van der Waals surface area (Å²) in [5, 5.41) is 0. The van der Waals surface area contributed by atoms with Gasteiger partial charge in [0.05, 0.1) is 6.61 Å². The smallest absolute Gasteiger partial charge is 0.247 e. The van der Waals surface area contributed by atoms with Crippen LogP contribution in [-0.2, 0) is 14.8 Å². The van der Waals surface area contributed by atoms with Gasteiger partial charge in [0.15, 0.2) is 4.91 Å². The molecule has 1 aromatic rings. The molecule has 0 amide bonds. The molecular formula is C20H28N2O5S. The highest BCUT2D eigenvalue weighted by atomic mass is 32.2. The number of Topliss-reactive ketones (excluding diaryl/α,β-unsaturated/α-hetero) is 2. The maximum Gasteiger partial charge on any atom is 0.247 e. The second-order valence-electron chi connectivity index (χ2n) is 6.85. The molecule has 0 spiro atoms. The Morgan fingerprint density at radius 1 is 1.04 bits per heavy atom. The average Bonchev–Trinajstić information content (AvgIpc) is 2.64. The van der Waals surface area contributed by atoms with Crippen molar-refractivity contribution in [2.45, 2.75) is 39.7 Å². The van der Waals surface area contributed by atoms with Gasteiger partial charge in [-0.15, -0.1) is 0 Å². The minimum Gasteiger partial charge on any atom is -0.383 e. The topological polar surface area (TPSA) is 92.8 Å². The number of ketones is 2. The highest BCUT2D eigenvalue weighted by molar-refractivity contribution is 7.94. The molecular weight excluding hydrogens is 380 g/mol. The summed E-state index contributed by atoms with van der Waals surface area (Å²) >= 11 is 0. The zero-order chi connectivity index (χ0) is 20.9. The summed E-state index contributed by atoms with van der Waals surface area (Å²) in [6.45, 7) is 6.64. The molecule has 0 bridgehead atoms. The summed E-state index contributed by atoms with van der Waals surface area (Å²) in [6, 6.07) is 5.80. The number of methoxy groups -OCH3 is 1. The highest BCUT2D eigenvalue weighted by Crippen LogP contribution is 2.31. The number of nitrogens with zero attached hydrogens (tertiary/aromatic N) is 1. The van der Waals surface area contributed by atoms with Crippen molar-refractivity contribution >= 4 is 21.6 Å². The van der Waals surface area contributed by atoms with Crippen LogP contribution >= 0.6 is 0 Å². The fraction of sp³-hybridized carbons (Fsp3) is 0.500. The number of allylic oxidation sites excluding steroid dienone is 2. The molecule has 8 heteroatoms. The van der Waals surface area contributed by atoms with Crippen LogP contribution in [0.2, 0.25) is 0 Å². The van der Waals surface area contributed by atoms with E-state index < -0.39 is 32.5 Å². The van der Waals surface area contributed by atoms with E-state index in [0.29, 0.717) is 25.9 Å². The van der Waals surface area contributed by atoms with E-state index >= 15 is 0 Å². The van der Waals surface area contributed by atoms with E-state index in [1.54, 1.807) is 30.0 Å². The van der Waals surface area contributed by atoms with E-state index in [4.69, 9.17) is 4.74 Å². The Hall–Kier alpha value is -2.03. The Labute approximate surface area is 166 Å². The second-order valence-corrected chi connectivity index (χ2v) is 8.50. The van der Waals surface area contributed by atoms with Gasteiger partial charge in [-0.05, 0) is 19.8 Å². The van der Waals surface area contributed by atoms with Crippen LogP contribution in [0.5, 0.6) is 0 Å². The highest BCUT2D eigenvalue weighted by Gasteiger charge is 2.41. The normalized spacial score (nSPS) is 15.6. The molecule has 2 rings (SSSR count). The molecule has 1 N–H and O–H groups in total. The maximum absolute atomic E-state index is 13.3. The van der Waals surface area contributed by atoms with Gasteiger partial charge in [-0.2, -0.15) is 0 Å². The SMILES string of the molecule is CCCN(CCC)C1=C(S(=O)(=O)NC(C)COC)C(=O)c2ccccc2C1=O. The summed E-state index contributed by atoms with van der Waals surface area (Å²) in [6.07, 6.45) is 1.43. The third kappa shape index (κ3) is 4.51. The van der Waals surface area contributed by atoms with Gasteiger partial charge < -0.3 is 9.64 Å². The summed E-state index contributed by atoms with van der Waals surface area (Å²) < 4.78 is 33.7. The monoisotopic (exact) mass is 408 g/mol. The molecule has 0 radical (unpaired) electrons. The molecule has 1 aromatic carbocycles. The van der Waals surface area contributed by atoms with Crippen LogP contribution in [0.25, 0.3) is 0 Å². The Morgan fingerprint density at radius 2 is 1.57 bits per heavy atom. The summed E-state index contributed by atoms with van der Waals surface area (Å²) in [5.41, 5.74) is 0.317. The number of fused-ring (bicyclic) bond motifs is 1. The number of benzene rings is 1. The lowest BCUT2D eigenvalue weighted by Gasteiger charge is -2.31. The standard InChI is InChI=1S/C20H28N2O5S/c1-5-11-22(12-6-2)17-18(23)15-9-7-8-10-16(15)19(24)20(17)28(25,26)21-14(3)13-27-4/h7-10,14,21H,5-6,11-13H2,1-4H3. The lowest BCUT2D eigenvalue weighted by atomic mass is 9.91. The lowest BCUT2D eigenvalue weighted by molar-refractivity contribution is 0.0946. The van der Waals surface area contributed by atoms with Crippen LogP contribution in [0, 0.1) is 0 Å². The van der Waals surface area contributed by atoms with Gasteiger partial charge in [0, 0.05) is 37.4 Å². The van der Waals surface area contributed by atoms with Crippen LogP contribution in [-0.4, -0.2) is 57.7 Å². The average molecular weight is 409 g/mol. The second kappa shape index (κ2) is 9.45. The number of ether oxygens (including phenoxy) is 1. The van der Waals surface area contributed by atoms with Gasteiger partial charge in [0.1, 0.15) is 5.70 Å². The zero-order valence-corrected chi connectivity index (χ0v) is 17.6. The number of carbonyl (C=O) groups excluding carboxylic acids is 2. The van der Waals surface area contributed by atoms with Crippen molar-refractivity contribution in [3.63, 3.8) is 0 Å². The number of nitrogens with one attached hydrogen (secondary N) is 1. The van der Waals surface area contributed by atoms with Crippen LogP contribution in [0.15, 0.2) is 34.9 Å². The molecule has 1 atom stereocenters. The Kier molecular flexibility index (Phi) is 7.51. The Morgan fingerprint density at radius 3 is 2.07 bits per heavy atom. The zero-order valence-electron chi connectivity index (χ0n) is 16.8. The molecule has 1 aliphatic carbocycles. The number of hydrogen-bond donors (Lipinski definition) is 1. The molecule has 7 nitrogen and oxygen atoms in total. The van der Waals surface area contributed by atoms with Gasteiger partial charge in [0.2, 0.25) is 21.6 Å². The van der Waals surface area contributed by atoms with Crippen LogP contribution in [0.1, 0.15) is 54.3 Å². The quantitative estimate of drug-likeness (QED) is 0.639. The van der Waals surface area contributed by atoms with Crippen molar-refractivity contribution < 1.29 is 22.7 Å². The van der Waals surface area contributed by atoms with Gasteiger partial charge in [0.25, 0.3) is 0 Å². The van der Waals surface area contributed by atoms with Crippen LogP contribution in [0.3, 0.4) is 0 Å². The number of sulfonamides is 1. The maximum atomic E-state index is 13.3. The minimum atomic E-state index is -4.22. The third-order valence-electron chi connectivity index (χ3n) is 4.40. The van der Waals surface area contributed by atoms with Gasteiger partial charge in [-0.25, -0.2) is 13.1 Å². The summed E-state index contributed by atoms with van der Waals surface area (Å²) in [7, 11) is -2.76. The first-order chi connectivity index (χ1) is 13.3. The number of carbonyl (C=O) groups is 2. The fourth-order valence-corrected chi connectivity index (χ4v) is 4.91. The van der Waals surface area contributed by atoms with Gasteiger partial charge in [-0.3, -0.25) is 9.59 Å². The molecule has 0 saturated heterocycles. The molecule has 0 aliphatic heterocycles. The van der Waals surface area contributed by atoms with E-state index in [2.05, 4.69) is 4.72 Å². The van der Waals surface area contributed by atoms with Gasteiger partial charge >= 0.3 is 0 Å². The first-order valence-electron chi connectivity index (χ1n) is 9.47. The minimum absolute atomic E-state index is 0.0375. The first kappa shape index (κ1) is 22.3. The van der Waals surface area contributed by atoms with Gasteiger partial charge in [-0.1, -0.05) is 38.1 Å². The lowest BCUT2D eigenvalue weighted by Crippen LogP contribution is -2.43. The molecule has 0 saturated carbocycles. The molecule has 154 valence electrons. The summed E-state index contributed by atoms with van der Waals surface area (Å²) in [4.78, 5) is 27.7. The molecule has 0 aromatic heterocycles. The third-order valence-corrected chi connectivity index (χ3v) is 6.03. The van der Waals surface area contributed by atoms with Crippen molar-refractivity contribution in [1.82, 2.24) is 9.62 Å². The predicted molar refractivity (Wildman–Crippen MR) is 108 cm³/mol. The van der Waals surface area contributed by atoms with Crippen LogP contribution in [0.4, 0.5) is 0 Å². The Bertz CT molecular complexity index is 870. The van der Waals surface area contributed by atoms with Crippen molar-refractivity contribution in [1.29, 1.82) is 0 Å². The molecule has 28 heavy (non-hydrogen) atoms. The van der Waals surface area contributed by atoms with Crippen molar-refractivity contribution in [3.8, 4) is 0 Å². The van der Waals surface area contributed by atoms with E-state index in [1.165, 1.54) is 13.2 Å². The number of hydrogen-bond acceptors (Lipinski definition) is 6. The Balaban J connectivity index is 2.69. The molecule has 0 fully saturated rings. The van der Waals surface area contributed by atoms with Crippen molar-refractivity contribution in [3.05, 3.63) is 46.0 Å².